The molecule has 4 aromatic rings. The zero-order valence-corrected chi connectivity index (χ0v) is 22.5. The molecule has 5 rings (SSSR count). The molecule has 0 saturated heterocycles. The van der Waals surface area contributed by atoms with Gasteiger partial charge in [-0.25, -0.2) is 18.8 Å². The molecular formula is C31H23FN8O2. The maximum atomic E-state index is 13.6. The second-order valence-corrected chi connectivity index (χ2v) is 9.33. The van der Waals surface area contributed by atoms with Crippen molar-refractivity contribution in [2.24, 2.45) is 0 Å². The summed E-state index contributed by atoms with van der Waals surface area (Å²) in [6.45, 7) is 0.638. The second-order valence-electron chi connectivity index (χ2n) is 9.33. The largest absolute Gasteiger partial charge is 0.444 e. The first-order chi connectivity index (χ1) is 20.5. The highest BCUT2D eigenvalue weighted by Gasteiger charge is 2.37. The average molecular weight is 559 g/mol. The van der Waals surface area contributed by atoms with E-state index in [9.17, 15) is 25.0 Å². The quantitative estimate of drug-likeness (QED) is 0.259. The number of allylic oxidation sites excluding steroid dienone is 2. The first-order valence-corrected chi connectivity index (χ1v) is 12.9. The van der Waals surface area contributed by atoms with Crippen LogP contribution in [0.2, 0.25) is 0 Å². The third kappa shape index (κ3) is 5.25. The molecule has 0 radical (unpaired) electrons. The SMILES string of the molecule is CC1=C(C#N)[C@@H](c2ccc(C#N)cc2)n2nc(N(CC#N)C(=O)OCc3ccccc3)nc2N1c1cccc(CF)c1. The summed E-state index contributed by atoms with van der Waals surface area (Å²) in [6.07, 6.45) is -0.825. The van der Waals surface area contributed by atoms with Crippen molar-refractivity contribution in [2.75, 3.05) is 16.3 Å². The highest BCUT2D eigenvalue weighted by Crippen LogP contribution is 2.42. The molecule has 0 N–H and O–H groups in total. The predicted octanol–water partition coefficient (Wildman–Crippen LogP) is 5.82. The van der Waals surface area contributed by atoms with Gasteiger partial charge in [-0.1, -0.05) is 54.6 Å². The number of rotatable bonds is 7. The molecule has 0 fully saturated rings. The summed E-state index contributed by atoms with van der Waals surface area (Å²) in [5, 5.41) is 33.7. The van der Waals surface area contributed by atoms with E-state index in [1.165, 1.54) is 4.68 Å². The Kier molecular flexibility index (Phi) is 7.90. The number of nitrogens with zero attached hydrogens (tertiary/aromatic N) is 8. The monoisotopic (exact) mass is 558 g/mol. The fraction of sp³-hybridized carbons (Fsp3) is 0.161. The zero-order valence-electron chi connectivity index (χ0n) is 22.5. The number of carbonyl (C=O) groups is 1. The minimum absolute atomic E-state index is 0.0234. The zero-order chi connectivity index (χ0) is 29.6. The van der Waals surface area contributed by atoms with Crippen LogP contribution in [-0.4, -0.2) is 27.4 Å². The lowest BCUT2D eigenvalue weighted by Gasteiger charge is -2.34. The molecule has 206 valence electrons. The maximum absolute atomic E-state index is 13.6. The van der Waals surface area contributed by atoms with Gasteiger partial charge in [-0.3, -0.25) is 4.90 Å². The van der Waals surface area contributed by atoms with E-state index >= 15 is 0 Å². The molecule has 0 bridgehead atoms. The molecule has 1 aliphatic rings. The maximum Gasteiger partial charge on any atom is 0.418 e. The third-order valence-corrected chi connectivity index (χ3v) is 6.74. The Morgan fingerprint density at radius 1 is 1.00 bits per heavy atom. The van der Waals surface area contributed by atoms with E-state index in [1.807, 2.05) is 24.3 Å². The first kappa shape index (κ1) is 27.6. The number of ether oxygens (including phenoxy) is 1. The minimum Gasteiger partial charge on any atom is -0.444 e. The van der Waals surface area contributed by atoms with Crippen molar-refractivity contribution in [2.45, 2.75) is 26.2 Å². The summed E-state index contributed by atoms with van der Waals surface area (Å²) >= 11 is 0. The van der Waals surface area contributed by atoms with Crippen LogP contribution in [0.25, 0.3) is 0 Å². The summed E-state index contributed by atoms with van der Waals surface area (Å²) in [5.41, 5.74) is 3.67. The molecule has 0 unspecified atom stereocenters. The van der Waals surface area contributed by atoms with E-state index in [4.69, 9.17) is 4.74 Å². The number of hydrogen-bond donors (Lipinski definition) is 0. The Morgan fingerprint density at radius 3 is 2.40 bits per heavy atom. The number of halogens is 1. The Bertz CT molecular complexity index is 1780. The van der Waals surface area contributed by atoms with E-state index in [-0.39, 0.29) is 18.5 Å². The van der Waals surface area contributed by atoms with Gasteiger partial charge in [-0.05, 0) is 47.9 Å². The Labute approximate surface area is 241 Å². The van der Waals surface area contributed by atoms with Gasteiger partial charge < -0.3 is 4.74 Å². The van der Waals surface area contributed by atoms with Gasteiger partial charge >= 0.3 is 6.09 Å². The van der Waals surface area contributed by atoms with E-state index in [0.29, 0.717) is 33.6 Å². The lowest BCUT2D eigenvalue weighted by molar-refractivity contribution is 0.147. The van der Waals surface area contributed by atoms with Crippen molar-refractivity contribution in [3.63, 3.8) is 0 Å². The van der Waals surface area contributed by atoms with E-state index in [1.54, 1.807) is 72.5 Å². The van der Waals surface area contributed by atoms with Crippen LogP contribution in [0.4, 0.5) is 26.8 Å². The summed E-state index contributed by atoms with van der Waals surface area (Å²) in [4.78, 5) is 20.5. The fourth-order valence-electron chi connectivity index (χ4n) is 4.70. The van der Waals surface area contributed by atoms with Crippen LogP contribution in [0.15, 0.2) is 90.1 Å². The smallest absolute Gasteiger partial charge is 0.418 e. The molecule has 1 atom stereocenters. The van der Waals surface area contributed by atoms with Crippen LogP contribution in [0, 0.1) is 34.0 Å². The lowest BCUT2D eigenvalue weighted by Crippen LogP contribution is -2.33. The van der Waals surface area contributed by atoms with Gasteiger partial charge in [0.15, 0.2) is 0 Å². The summed E-state index contributed by atoms with van der Waals surface area (Å²) < 4.78 is 20.6. The molecule has 3 aromatic carbocycles. The number of amides is 1. The van der Waals surface area contributed by atoms with E-state index in [0.717, 1.165) is 10.5 Å². The van der Waals surface area contributed by atoms with Gasteiger partial charge in [0.1, 0.15) is 25.9 Å². The van der Waals surface area contributed by atoms with Crippen molar-refractivity contribution < 1.29 is 13.9 Å². The number of fused-ring (bicyclic) bond motifs is 1. The van der Waals surface area contributed by atoms with Crippen molar-refractivity contribution in [1.82, 2.24) is 14.8 Å². The number of alkyl halides is 1. The Balaban J connectivity index is 1.63. The molecule has 10 nitrogen and oxygen atoms in total. The van der Waals surface area contributed by atoms with Gasteiger partial charge in [0.25, 0.3) is 5.95 Å². The molecule has 0 saturated carbocycles. The van der Waals surface area contributed by atoms with Crippen LogP contribution in [0.1, 0.15) is 35.2 Å². The number of aromatic nitrogens is 3. The minimum atomic E-state index is -0.825. The summed E-state index contributed by atoms with van der Waals surface area (Å²) in [5.74, 6) is 0.132. The molecule has 0 spiro atoms. The summed E-state index contributed by atoms with van der Waals surface area (Å²) in [7, 11) is 0. The van der Waals surface area contributed by atoms with Crippen LogP contribution < -0.4 is 9.80 Å². The summed E-state index contributed by atoms with van der Waals surface area (Å²) in [6, 6.07) is 28.1. The molecule has 42 heavy (non-hydrogen) atoms. The number of benzene rings is 3. The number of hydrogen-bond acceptors (Lipinski definition) is 8. The van der Waals surface area contributed by atoms with Crippen molar-refractivity contribution in [3.8, 4) is 18.2 Å². The Morgan fingerprint density at radius 2 is 1.74 bits per heavy atom. The molecule has 11 heteroatoms. The molecule has 1 aromatic heterocycles. The molecule has 1 aliphatic heterocycles. The molecular weight excluding hydrogens is 535 g/mol. The predicted molar refractivity (Wildman–Crippen MR) is 151 cm³/mol. The first-order valence-electron chi connectivity index (χ1n) is 12.9. The number of nitriles is 3. The van der Waals surface area contributed by atoms with Gasteiger partial charge in [0, 0.05) is 11.4 Å². The number of anilines is 3. The van der Waals surface area contributed by atoms with Crippen LogP contribution in [0.3, 0.4) is 0 Å². The Hall–Kier alpha value is -5.99. The standard InChI is InChI=1S/C31H23FN8O2/c1-21-27(19-35)28(25-12-10-22(18-34)11-13-25)40-30(39(21)26-9-5-8-24(16-26)17-32)36-29(37-40)38(15-14-33)31(41)42-20-23-6-3-2-4-7-23/h2-13,16,28H,15,17,20H2,1H3/t28-/m1/s1. The van der Waals surface area contributed by atoms with Gasteiger partial charge in [-0.15, -0.1) is 5.10 Å². The normalized spacial score (nSPS) is 13.9. The van der Waals surface area contributed by atoms with Crippen molar-refractivity contribution in [1.29, 1.82) is 15.8 Å². The van der Waals surface area contributed by atoms with E-state index < -0.39 is 25.4 Å². The van der Waals surface area contributed by atoms with Gasteiger partial charge in [-0.2, -0.15) is 20.8 Å². The topological polar surface area (TPSA) is 135 Å². The molecule has 1 amide bonds. The van der Waals surface area contributed by atoms with Crippen LogP contribution >= 0.6 is 0 Å². The van der Waals surface area contributed by atoms with Gasteiger partial charge in [0.2, 0.25) is 5.95 Å². The fourth-order valence-corrected chi connectivity index (χ4v) is 4.70. The van der Waals surface area contributed by atoms with E-state index in [2.05, 4.69) is 22.2 Å². The molecule has 0 aliphatic carbocycles. The third-order valence-electron chi connectivity index (χ3n) is 6.74. The molecule has 2 heterocycles. The van der Waals surface area contributed by atoms with Crippen molar-refractivity contribution >= 4 is 23.7 Å². The highest BCUT2D eigenvalue weighted by atomic mass is 19.1. The number of carbonyl (C=O) groups excluding carboxylic acids is 1. The highest BCUT2D eigenvalue weighted by molar-refractivity contribution is 5.86. The second kappa shape index (κ2) is 12.0. The van der Waals surface area contributed by atoms with Crippen LogP contribution in [0.5, 0.6) is 0 Å². The lowest BCUT2D eigenvalue weighted by atomic mass is 9.95. The average Bonchev–Trinajstić information content (AvgIpc) is 3.46. The van der Waals surface area contributed by atoms with Crippen molar-refractivity contribution in [3.05, 3.63) is 112 Å². The van der Waals surface area contributed by atoms with Crippen LogP contribution in [-0.2, 0) is 18.0 Å². The van der Waals surface area contributed by atoms with Gasteiger partial charge in [0.05, 0.1) is 29.3 Å².